The second kappa shape index (κ2) is 8.16. The van der Waals surface area contributed by atoms with Crippen molar-refractivity contribution in [3.63, 3.8) is 0 Å². The van der Waals surface area contributed by atoms with E-state index in [9.17, 15) is 0 Å². The van der Waals surface area contributed by atoms with Crippen LogP contribution in [-0.4, -0.2) is 64.5 Å². The number of nitrogen functional groups attached to an aromatic ring is 1. The number of halogens is 1. The number of aromatic nitrogens is 3. The number of aromatic amines is 1. The largest absolute Gasteiger partial charge is 0.376 e. The van der Waals surface area contributed by atoms with Gasteiger partial charge in [-0.15, -0.1) is 5.10 Å². The Balaban J connectivity index is 1.41. The van der Waals surface area contributed by atoms with Crippen LogP contribution in [0.3, 0.4) is 0 Å². The molecule has 146 valence electrons. The third-order valence-electron chi connectivity index (χ3n) is 5.60. The molecule has 1 aromatic carbocycles. The molecule has 0 spiro atoms. The van der Waals surface area contributed by atoms with Crippen LogP contribution in [0.2, 0.25) is 0 Å². The summed E-state index contributed by atoms with van der Waals surface area (Å²) in [5.41, 5.74) is 7.03. The number of hydrogen-bond acceptors (Lipinski definition) is 6. The van der Waals surface area contributed by atoms with Crippen molar-refractivity contribution in [1.29, 1.82) is 0 Å². The van der Waals surface area contributed by atoms with Crippen molar-refractivity contribution >= 4 is 27.8 Å². The van der Waals surface area contributed by atoms with Gasteiger partial charge in [0.2, 0.25) is 11.9 Å². The number of ether oxygens (including phenoxy) is 1. The van der Waals surface area contributed by atoms with Gasteiger partial charge >= 0.3 is 0 Å². The Morgan fingerprint density at radius 3 is 2.67 bits per heavy atom. The molecule has 3 heterocycles. The Morgan fingerprint density at radius 1 is 1.26 bits per heavy atom. The van der Waals surface area contributed by atoms with E-state index in [1.54, 1.807) is 0 Å². The third-order valence-corrected chi connectivity index (χ3v) is 6.13. The monoisotopic (exact) mass is 434 g/mol. The van der Waals surface area contributed by atoms with E-state index in [4.69, 9.17) is 10.5 Å². The summed E-state index contributed by atoms with van der Waals surface area (Å²) in [5.74, 6) is 1.09. The summed E-state index contributed by atoms with van der Waals surface area (Å²) in [7, 11) is 0. The average molecular weight is 435 g/mol. The molecule has 2 aliphatic rings. The zero-order valence-corrected chi connectivity index (χ0v) is 17.2. The highest BCUT2D eigenvalue weighted by atomic mass is 79.9. The lowest BCUT2D eigenvalue weighted by atomic mass is 9.96. The molecule has 0 amide bonds. The Labute approximate surface area is 168 Å². The van der Waals surface area contributed by atoms with Gasteiger partial charge in [0.1, 0.15) is 0 Å². The molecule has 0 aliphatic carbocycles. The van der Waals surface area contributed by atoms with Gasteiger partial charge in [0, 0.05) is 36.2 Å². The normalized spacial score (nSPS) is 25.0. The Morgan fingerprint density at radius 2 is 2.00 bits per heavy atom. The molecular formula is C19H27BrN6O. The zero-order chi connectivity index (χ0) is 18.8. The van der Waals surface area contributed by atoms with Gasteiger partial charge < -0.3 is 15.4 Å². The molecule has 0 bridgehead atoms. The van der Waals surface area contributed by atoms with E-state index in [1.807, 2.05) is 0 Å². The number of hydrogen-bond donors (Lipinski definition) is 2. The van der Waals surface area contributed by atoms with Gasteiger partial charge in [0.05, 0.1) is 12.7 Å². The first-order valence-electron chi connectivity index (χ1n) is 9.63. The maximum absolute atomic E-state index is 6.00. The van der Waals surface area contributed by atoms with E-state index >= 15 is 0 Å². The molecule has 27 heavy (non-hydrogen) atoms. The van der Waals surface area contributed by atoms with Crippen molar-refractivity contribution in [2.75, 3.05) is 36.9 Å². The molecule has 0 saturated carbocycles. The molecular weight excluding hydrogens is 408 g/mol. The molecule has 7 nitrogen and oxygen atoms in total. The minimum absolute atomic E-state index is 0.289. The zero-order valence-electron chi connectivity index (χ0n) is 15.6. The summed E-state index contributed by atoms with van der Waals surface area (Å²) in [5, 5.41) is 6.92. The fraction of sp³-hybridized carbons (Fsp3) is 0.579. The molecule has 2 saturated heterocycles. The van der Waals surface area contributed by atoms with Crippen LogP contribution in [0.4, 0.5) is 11.9 Å². The second-order valence-electron chi connectivity index (χ2n) is 7.56. The van der Waals surface area contributed by atoms with Gasteiger partial charge in [0.15, 0.2) is 0 Å². The van der Waals surface area contributed by atoms with E-state index in [1.165, 1.54) is 5.56 Å². The smallest absolute Gasteiger partial charge is 0.246 e. The fourth-order valence-electron chi connectivity index (χ4n) is 4.19. The van der Waals surface area contributed by atoms with E-state index in [-0.39, 0.29) is 6.10 Å². The predicted molar refractivity (Wildman–Crippen MR) is 110 cm³/mol. The average Bonchev–Trinajstić information content (AvgIpc) is 3.11. The molecule has 4 rings (SSSR count). The highest BCUT2D eigenvalue weighted by Crippen LogP contribution is 2.26. The molecule has 2 fully saturated rings. The van der Waals surface area contributed by atoms with Gasteiger partial charge in [-0.25, -0.2) is 5.10 Å². The summed E-state index contributed by atoms with van der Waals surface area (Å²) in [6.07, 6.45) is 3.53. The number of H-pyrrole nitrogens is 1. The maximum Gasteiger partial charge on any atom is 0.246 e. The van der Waals surface area contributed by atoms with Crippen LogP contribution < -0.4 is 10.6 Å². The van der Waals surface area contributed by atoms with Crippen LogP contribution in [0.5, 0.6) is 0 Å². The number of nitrogens with two attached hydrogens (primary N) is 1. The quantitative estimate of drug-likeness (QED) is 0.768. The first-order valence-corrected chi connectivity index (χ1v) is 10.4. The predicted octanol–water partition coefficient (Wildman–Crippen LogP) is 2.45. The lowest BCUT2D eigenvalue weighted by Crippen LogP contribution is -2.56. The Hall–Kier alpha value is -1.64. The minimum atomic E-state index is 0.289. The molecule has 8 heteroatoms. The number of benzene rings is 1. The summed E-state index contributed by atoms with van der Waals surface area (Å²) >= 11 is 3.52. The highest BCUT2D eigenvalue weighted by Gasteiger charge is 2.34. The van der Waals surface area contributed by atoms with Gasteiger partial charge in [-0.3, -0.25) is 4.90 Å². The molecule has 2 atom stereocenters. The standard InChI is InChI=1S/C19H27BrN6O/c1-13-11-26(17(12-27-13)10-14-2-4-15(20)5-3-14)16-6-8-25(9-7-16)19-22-18(21)23-24-19/h2-5,13,16-17H,6-12H2,1H3,(H3,21,22,23,24). The number of nitrogens with zero attached hydrogens (tertiary/aromatic N) is 4. The van der Waals surface area contributed by atoms with Crippen LogP contribution in [0, 0.1) is 0 Å². The highest BCUT2D eigenvalue weighted by molar-refractivity contribution is 9.10. The van der Waals surface area contributed by atoms with Gasteiger partial charge in [0.25, 0.3) is 0 Å². The van der Waals surface area contributed by atoms with Crippen molar-refractivity contribution in [3.8, 4) is 0 Å². The molecule has 2 aromatic rings. The SMILES string of the molecule is CC1CN(C2CCN(c3n[nH]c(N)n3)CC2)C(Cc2ccc(Br)cc2)CO1. The van der Waals surface area contributed by atoms with E-state index < -0.39 is 0 Å². The molecule has 0 radical (unpaired) electrons. The van der Waals surface area contributed by atoms with E-state index in [0.717, 1.165) is 50.0 Å². The summed E-state index contributed by atoms with van der Waals surface area (Å²) in [6.45, 7) is 5.89. The first kappa shape index (κ1) is 18.7. The van der Waals surface area contributed by atoms with E-state index in [2.05, 4.69) is 72.1 Å². The topological polar surface area (TPSA) is 83.3 Å². The van der Waals surface area contributed by atoms with Crippen molar-refractivity contribution < 1.29 is 4.74 Å². The molecule has 2 aliphatic heterocycles. The minimum Gasteiger partial charge on any atom is -0.376 e. The Kier molecular flexibility index (Phi) is 5.66. The lowest BCUT2D eigenvalue weighted by molar-refractivity contribution is -0.0745. The van der Waals surface area contributed by atoms with Crippen LogP contribution >= 0.6 is 15.9 Å². The summed E-state index contributed by atoms with van der Waals surface area (Å²) in [4.78, 5) is 9.16. The maximum atomic E-state index is 6.00. The van der Waals surface area contributed by atoms with Crippen LogP contribution in [0.1, 0.15) is 25.3 Å². The van der Waals surface area contributed by atoms with Gasteiger partial charge in [-0.2, -0.15) is 4.98 Å². The number of piperidine rings is 1. The number of morpholine rings is 1. The molecule has 2 unspecified atom stereocenters. The summed E-state index contributed by atoms with van der Waals surface area (Å²) < 4.78 is 7.12. The molecule has 3 N–H and O–H groups in total. The number of anilines is 2. The van der Waals surface area contributed by atoms with E-state index in [0.29, 0.717) is 24.0 Å². The van der Waals surface area contributed by atoms with Crippen LogP contribution in [-0.2, 0) is 11.2 Å². The van der Waals surface area contributed by atoms with Gasteiger partial charge in [-0.1, -0.05) is 28.1 Å². The van der Waals surface area contributed by atoms with Crippen molar-refractivity contribution in [2.45, 2.75) is 44.4 Å². The Bertz CT molecular complexity index is 743. The van der Waals surface area contributed by atoms with Crippen LogP contribution in [0.15, 0.2) is 28.7 Å². The first-order chi connectivity index (χ1) is 13.1. The fourth-order valence-corrected chi connectivity index (χ4v) is 4.45. The van der Waals surface area contributed by atoms with Gasteiger partial charge in [-0.05, 0) is 43.9 Å². The van der Waals surface area contributed by atoms with Crippen LogP contribution in [0.25, 0.3) is 0 Å². The molecule has 1 aromatic heterocycles. The lowest BCUT2D eigenvalue weighted by Gasteiger charge is -2.46. The number of nitrogens with one attached hydrogen (secondary N) is 1. The van der Waals surface area contributed by atoms with Crippen molar-refractivity contribution in [3.05, 3.63) is 34.3 Å². The van der Waals surface area contributed by atoms with Crippen molar-refractivity contribution in [1.82, 2.24) is 20.1 Å². The third kappa shape index (κ3) is 4.44. The summed E-state index contributed by atoms with van der Waals surface area (Å²) in [6, 6.07) is 9.65. The van der Waals surface area contributed by atoms with Crippen molar-refractivity contribution in [2.24, 2.45) is 0 Å². The number of rotatable bonds is 4. The second-order valence-corrected chi connectivity index (χ2v) is 8.48.